The first kappa shape index (κ1) is 16.1. The summed E-state index contributed by atoms with van der Waals surface area (Å²) in [6.45, 7) is 3.64. The van der Waals surface area contributed by atoms with Crippen molar-refractivity contribution in [2.45, 2.75) is 32.5 Å². The topological polar surface area (TPSA) is 71.3 Å². The van der Waals surface area contributed by atoms with E-state index in [-0.39, 0.29) is 0 Å². The molecule has 1 rings (SSSR count). The van der Waals surface area contributed by atoms with Crippen molar-refractivity contribution in [3.63, 3.8) is 0 Å². The SMILES string of the molecule is CCCNC(=O)C(C)n1cc(C(=O)O)c(C(F)(F)F)c1. The van der Waals surface area contributed by atoms with Crippen LogP contribution >= 0.6 is 0 Å². The summed E-state index contributed by atoms with van der Waals surface area (Å²) in [5, 5.41) is 11.3. The molecule has 0 aliphatic rings. The van der Waals surface area contributed by atoms with Gasteiger partial charge >= 0.3 is 12.1 Å². The van der Waals surface area contributed by atoms with Gasteiger partial charge in [0.05, 0.1) is 11.1 Å². The minimum absolute atomic E-state index is 0.405. The molecule has 0 aromatic carbocycles. The zero-order valence-corrected chi connectivity index (χ0v) is 11.0. The maximum atomic E-state index is 12.7. The molecule has 0 radical (unpaired) electrons. The van der Waals surface area contributed by atoms with Crippen molar-refractivity contribution in [1.29, 1.82) is 0 Å². The van der Waals surface area contributed by atoms with Crippen molar-refractivity contribution in [3.8, 4) is 0 Å². The van der Waals surface area contributed by atoms with Gasteiger partial charge in [0.15, 0.2) is 0 Å². The Bertz CT molecular complexity index is 509. The number of nitrogens with zero attached hydrogens (tertiary/aromatic N) is 1. The molecule has 1 amide bonds. The fraction of sp³-hybridized carbons (Fsp3) is 0.500. The molecule has 0 saturated carbocycles. The van der Waals surface area contributed by atoms with Crippen LogP contribution in [0.1, 0.15) is 42.2 Å². The Kier molecular flexibility index (Phi) is 4.80. The smallest absolute Gasteiger partial charge is 0.418 e. The summed E-state index contributed by atoms with van der Waals surface area (Å²) < 4.78 is 39.1. The minimum atomic E-state index is -4.78. The monoisotopic (exact) mass is 292 g/mol. The maximum Gasteiger partial charge on any atom is 0.418 e. The van der Waals surface area contributed by atoms with Gasteiger partial charge in [0.25, 0.3) is 0 Å². The molecule has 112 valence electrons. The highest BCUT2D eigenvalue weighted by Crippen LogP contribution is 2.33. The van der Waals surface area contributed by atoms with Crippen LogP contribution in [-0.2, 0) is 11.0 Å². The number of aromatic carboxylic acids is 1. The van der Waals surface area contributed by atoms with Crippen LogP contribution in [0.25, 0.3) is 0 Å². The van der Waals surface area contributed by atoms with Gasteiger partial charge in [-0.15, -0.1) is 0 Å². The Labute approximate surface area is 113 Å². The van der Waals surface area contributed by atoms with E-state index < -0.39 is 35.2 Å². The van der Waals surface area contributed by atoms with Crippen LogP contribution in [0.5, 0.6) is 0 Å². The number of amides is 1. The number of rotatable bonds is 5. The molecule has 1 aromatic rings. The van der Waals surface area contributed by atoms with E-state index in [4.69, 9.17) is 5.11 Å². The number of halogens is 3. The average Bonchev–Trinajstić information content (AvgIpc) is 2.79. The van der Waals surface area contributed by atoms with Crippen LogP contribution in [0.15, 0.2) is 12.4 Å². The fourth-order valence-corrected chi connectivity index (χ4v) is 1.63. The van der Waals surface area contributed by atoms with Gasteiger partial charge in [-0.25, -0.2) is 4.79 Å². The first-order chi connectivity index (χ1) is 9.18. The molecular weight excluding hydrogens is 277 g/mol. The summed E-state index contributed by atoms with van der Waals surface area (Å²) in [5.74, 6) is -2.15. The first-order valence-corrected chi connectivity index (χ1v) is 5.98. The summed E-state index contributed by atoms with van der Waals surface area (Å²) in [4.78, 5) is 22.5. The zero-order valence-electron chi connectivity index (χ0n) is 11.0. The molecule has 0 aliphatic heterocycles. The number of hydrogen-bond acceptors (Lipinski definition) is 2. The van der Waals surface area contributed by atoms with Gasteiger partial charge in [0.2, 0.25) is 5.91 Å². The van der Waals surface area contributed by atoms with E-state index in [0.717, 1.165) is 10.8 Å². The predicted octanol–water partition coefficient (Wildman–Crippen LogP) is 2.29. The molecule has 0 spiro atoms. The highest BCUT2D eigenvalue weighted by atomic mass is 19.4. The number of carbonyl (C=O) groups excluding carboxylic acids is 1. The van der Waals surface area contributed by atoms with E-state index in [1.54, 1.807) is 0 Å². The summed E-state index contributed by atoms with van der Waals surface area (Å²) >= 11 is 0. The molecule has 2 N–H and O–H groups in total. The molecule has 8 heteroatoms. The van der Waals surface area contributed by atoms with Crippen LogP contribution < -0.4 is 5.32 Å². The van der Waals surface area contributed by atoms with Crippen molar-refractivity contribution in [2.75, 3.05) is 6.54 Å². The molecule has 0 fully saturated rings. The average molecular weight is 292 g/mol. The second-order valence-electron chi connectivity index (χ2n) is 4.30. The second-order valence-corrected chi connectivity index (χ2v) is 4.30. The molecule has 1 heterocycles. The lowest BCUT2D eigenvalue weighted by Gasteiger charge is -2.13. The van der Waals surface area contributed by atoms with E-state index in [1.165, 1.54) is 6.92 Å². The van der Waals surface area contributed by atoms with Crippen molar-refractivity contribution in [1.82, 2.24) is 9.88 Å². The van der Waals surface area contributed by atoms with Crippen LogP contribution in [0.4, 0.5) is 13.2 Å². The van der Waals surface area contributed by atoms with Gasteiger partial charge in [0, 0.05) is 18.9 Å². The third kappa shape index (κ3) is 3.52. The van der Waals surface area contributed by atoms with Crippen LogP contribution in [0, 0.1) is 0 Å². The lowest BCUT2D eigenvalue weighted by atomic mass is 10.2. The Hall–Kier alpha value is -1.99. The lowest BCUT2D eigenvalue weighted by molar-refractivity contribution is -0.138. The van der Waals surface area contributed by atoms with Gasteiger partial charge in [-0.1, -0.05) is 6.92 Å². The third-order valence-corrected chi connectivity index (χ3v) is 2.76. The molecule has 1 atom stereocenters. The van der Waals surface area contributed by atoms with Gasteiger partial charge in [-0.05, 0) is 13.3 Å². The number of carboxylic acids is 1. The summed E-state index contributed by atoms with van der Waals surface area (Å²) in [7, 11) is 0. The number of carbonyl (C=O) groups is 2. The first-order valence-electron chi connectivity index (χ1n) is 5.98. The highest BCUT2D eigenvalue weighted by molar-refractivity contribution is 5.90. The lowest BCUT2D eigenvalue weighted by Crippen LogP contribution is -2.31. The van der Waals surface area contributed by atoms with Crippen molar-refractivity contribution in [3.05, 3.63) is 23.5 Å². The van der Waals surface area contributed by atoms with E-state index >= 15 is 0 Å². The Balaban J connectivity index is 3.08. The van der Waals surface area contributed by atoms with Gasteiger partial charge < -0.3 is 15.0 Å². The van der Waals surface area contributed by atoms with Crippen LogP contribution in [0.3, 0.4) is 0 Å². The molecular formula is C12H15F3N2O3. The number of carboxylic acid groups (broad SMARTS) is 1. The maximum absolute atomic E-state index is 12.7. The Morgan fingerprint density at radius 2 is 2.00 bits per heavy atom. The second kappa shape index (κ2) is 5.98. The number of nitrogens with one attached hydrogen (secondary N) is 1. The number of alkyl halides is 3. The van der Waals surface area contributed by atoms with Crippen molar-refractivity contribution >= 4 is 11.9 Å². The van der Waals surface area contributed by atoms with E-state index in [9.17, 15) is 22.8 Å². The van der Waals surface area contributed by atoms with Gasteiger partial charge in [-0.2, -0.15) is 13.2 Å². The number of hydrogen-bond donors (Lipinski definition) is 2. The van der Waals surface area contributed by atoms with E-state index in [0.29, 0.717) is 19.2 Å². The molecule has 0 aliphatic carbocycles. The minimum Gasteiger partial charge on any atom is -0.478 e. The van der Waals surface area contributed by atoms with Gasteiger partial charge in [-0.3, -0.25) is 4.79 Å². The van der Waals surface area contributed by atoms with Crippen LogP contribution in [0.2, 0.25) is 0 Å². The molecule has 5 nitrogen and oxygen atoms in total. The molecule has 20 heavy (non-hydrogen) atoms. The number of aromatic nitrogens is 1. The van der Waals surface area contributed by atoms with E-state index in [2.05, 4.69) is 5.32 Å². The Morgan fingerprint density at radius 1 is 1.40 bits per heavy atom. The predicted molar refractivity (Wildman–Crippen MR) is 64.4 cm³/mol. The molecule has 0 bridgehead atoms. The summed E-state index contributed by atoms with van der Waals surface area (Å²) in [6.07, 6.45) is -2.63. The highest BCUT2D eigenvalue weighted by Gasteiger charge is 2.37. The quantitative estimate of drug-likeness (QED) is 0.874. The normalized spacial score (nSPS) is 13.1. The largest absolute Gasteiger partial charge is 0.478 e. The summed E-state index contributed by atoms with van der Waals surface area (Å²) in [5.41, 5.74) is -2.13. The standard InChI is InChI=1S/C12H15F3N2O3/c1-3-4-16-10(18)7(2)17-5-8(11(19)20)9(6-17)12(13,14)15/h5-7H,3-4H2,1-2H3,(H,16,18)(H,19,20). The zero-order chi connectivity index (χ0) is 15.5. The molecule has 1 aromatic heterocycles. The van der Waals surface area contributed by atoms with Gasteiger partial charge in [0.1, 0.15) is 6.04 Å². The van der Waals surface area contributed by atoms with E-state index in [1.807, 2.05) is 6.92 Å². The molecule has 1 unspecified atom stereocenters. The Morgan fingerprint density at radius 3 is 2.40 bits per heavy atom. The van der Waals surface area contributed by atoms with Crippen molar-refractivity contribution < 1.29 is 27.9 Å². The van der Waals surface area contributed by atoms with Crippen LogP contribution in [-0.4, -0.2) is 28.1 Å². The van der Waals surface area contributed by atoms with Crippen molar-refractivity contribution in [2.24, 2.45) is 0 Å². The molecule has 0 saturated heterocycles. The summed E-state index contributed by atoms with van der Waals surface area (Å²) in [6, 6.07) is -0.921. The third-order valence-electron chi connectivity index (χ3n) is 2.76. The fourth-order valence-electron chi connectivity index (χ4n) is 1.63.